The number of benzene rings is 1. The molecule has 0 aliphatic heterocycles. The average molecular weight is 277 g/mol. The van der Waals surface area contributed by atoms with E-state index in [4.69, 9.17) is 9.84 Å². The van der Waals surface area contributed by atoms with Crippen molar-refractivity contribution < 1.29 is 14.6 Å². The van der Waals surface area contributed by atoms with Crippen LogP contribution in [0.5, 0.6) is 5.75 Å². The fourth-order valence-corrected chi connectivity index (χ4v) is 2.46. The summed E-state index contributed by atoms with van der Waals surface area (Å²) >= 11 is 1.25. The molecule has 0 atom stereocenters. The predicted molar refractivity (Wildman–Crippen MR) is 73.8 cm³/mol. The smallest absolute Gasteiger partial charge is 0.355 e. The molecule has 5 heteroatoms. The maximum Gasteiger partial charge on any atom is 0.355 e. The predicted octanol–water partition coefficient (Wildman–Crippen LogP) is 2.51. The molecule has 1 heterocycles. The number of aromatic nitrogens is 1. The van der Waals surface area contributed by atoms with Crippen molar-refractivity contribution >= 4 is 17.3 Å². The normalized spacial score (nSPS) is 10.5. The summed E-state index contributed by atoms with van der Waals surface area (Å²) in [7, 11) is 0. The van der Waals surface area contributed by atoms with Gasteiger partial charge in [-0.2, -0.15) is 0 Å². The molecular formula is C14H15NO3S. The van der Waals surface area contributed by atoms with Crippen LogP contribution >= 0.6 is 11.3 Å². The Morgan fingerprint density at radius 1 is 1.42 bits per heavy atom. The van der Waals surface area contributed by atoms with Gasteiger partial charge in [-0.05, 0) is 25.5 Å². The molecule has 4 nitrogen and oxygen atoms in total. The van der Waals surface area contributed by atoms with E-state index >= 15 is 0 Å². The van der Waals surface area contributed by atoms with Gasteiger partial charge in [0.2, 0.25) is 0 Å². The summed E-state index contributed by atoms with van der Waals surface area (Å²) < 4.78 is 5.35. The molecule has 0 fully saturated rings. The monoisotopic (exact) mass is 277 g/mol. The van der Waals surface area contributed by atoms with Crippen molar-refractivity contribution in [3.05, 3.63) is 45.4 Å². The molecule has 2 rings (SSSR count). The van der Waals surface area contributed by atoms with Gasteiger partial charge < -0.3 is 9.84 Å². The molecule has 0 saturated heterocycles. The van der Waals surface area contributed by atoms with Gasteiger partial charge in [-0.3, -0.25) is 0 Å². The fourth-order valence-electron chi connectivity index (χ4n) is 1.68. The Morgan fingerprint density at radius 2 is 2.21 bits per heavy atom. The topological polar surface area (TPSA) is 59.4 Å². The van der Waals surface area contributed by atoms with Gasteiger partial charge in [0, 0.05) is 13.0 Å². The first-order valence-electron chi connectivity index (χ1n) is 5.95. The molecule has 0 aliphatic rings. The van der Waals surface area contributed by atoms with Crippen molar-refractivity contribution in [1.82, 2.24) is 4.98 Å². The van der Waals surface area contributed by atoms with Gasteiger partial charge in [-0.15, -0.1) is 11.3 Å². The van der Waals surface area contributed by atoms with Crippen LogP contribution in [-0.2, 0) is 6.42 Å². The molecule has 100 valence electrons. The van der Waals surface area contributed by atoms with Crippen LogP contribution < -0.4 is 4.74 Å². The highest BCUT2D eigenvalue weighted by Crippen LogP contribution is 2.21. The first-order chi connectivity index (χ1) is 9.10. The molecule has 0 bridgehead atoms. The first-order valence-corrected chi connectivity index (χ1v) is 6.77. The van der Waals surface area contributed by atoms with Gasteiger partial charge in [0.05, 0.1) is 11.2 Å². The number of carbonyl (C=O) groups excluding carboxylic acids is 1. The number of rotatable bonds is 4. The van der Waals surface area contributed by atoms with E-state index in [9.17, 15) is 4.79 Å². The minimum Gasteiger partial charge on any atom is -0.422 e. The maximum absolute atomic E-state index is 12.0. The highest BCUT2D eigenvalue weighted by atomic mass is 32.1. The minimum atomic E-state index is -0.409. The van der Waals surface area contributed by atoms with E-state index in [1.165, 1.54) is 17.5 Å². The van der Waals surface area contributed by atoms with Crippen molar-refractivity contribution in [3.8, 4) is 5.75 Å². The third-order valence-corrected chi connectivity index (χ3v) is 3.65. The van der Waals surface area contributed by atoms with Crippen molar-refractivity contribution in [3.63, 3.8) is 0 Å². The largest absolute Gasteiger partial charge is 0.422 e. The quantitative estimate of drug-likeness (QED) is 0.689. The van der Waals surface area contributed by atoms with Crippen LogP contribution in [-0.4, -0.2) is 22.7 Å². The highest BCUT2D eigenvalue weighted by Gasteiger charge is 2.14. The molecule has 0 radical (unpaired) electrons. The lowest BCUT2D eigenvalue weighted by Crippen LogP contribution is -2.07. The van der Waals surface area contributed by atoms with Crippen LogP contribution in [0.4, 0.5) is 0 Å². The number of aliphatic hydroxyl groups is 1. The van der Waals surface area contributed by atoms with E-state index in [1.807, 2.05) is 26.0 Å². The van der Waals surface area contributed by atoms with Crippen LogP contribution in [0.15, 0.2) is 24.4 Å². The summed E-state index contributed by atoms with van der Waals surface area (Å²) in [5, 5.41) is 9.55. The first kappa shape index (κ1) is 13.7. The number of aryl methyl sites for hydroxylation is 2. The Bertz CT molecular complexity index is 592. The SMILES string of the molecule is Cc1ccc(OC(=O)c2cnc(CCO)s2)c(C)c1. The number of hydrogen-bond donors (Lipinski definition) is 1. The second-order valence-corrected chi connectivity index (χ2v) is 5.37. The lowest BCUT2D eigenvalue weighted by Gasteiger charge is -2.06. The summed E-state index contributed by atoms with van der Waals surface area (Å²) in [6.45, 7) is 3.92. The molecule has 0 amide bonds. The summed E-state index contributed by atoms with van der Waals surface area (Å²) in [6, 6.07) is 5.66. The Kier molecular flexibility index (Phi) is 4.29. The van der Waals surface area contributed by atoms with Gasteiger partial charge in [0.1, 0.15) is 10.6 Å². The highest BCUT2D eigenvalue weighted by molar-refractivity contribution is 7.13. The summed E-state index contributed by atoms with van der Waals surface area (Å²) in [5.74, 6) is 0.154. The van der Waals surface area contributed by atoms with E-state index < -0.39 is 5.97 Å². The van der Waals surface area contributed by atoms with Crippen LogP contribution in [0.3, 0.4) is 0 Å². The third-order valence-electron chi connectivity index (χ3n) is 2.61. The van der Waals surface area contributed by atoms with Gasteiger partial charge in [-0.1, -0.05) is 17.7 Å². The molecule has 1 aromatic heterocycles. The molecular weight excluding hydrogens is 262 g/mol. The van der Waals surface area contributed by atoms with Crippen LogP contribution in [0, 0.1) is 13.8 Å². The Balaban J connectivity index is 2.11. The van der Waals surface area contributed by atoms with E-state index in [2.05, 4.69) is 4.98 Å². The van der Waals surface area contributed by atoms with E-state index in [1.54, 1.807) is 6.07 Å². The minimum absolute atomic E-state index is 0.0269. The van der Waals surface area contributed by atoms with Crippen molar-refractivity contribution in [1.29, 1.82) is 0 Å². The van der Waals surface area contributed by atoms with E-state index in [0.717, 1.165) is 16.1 Å². The van der Waals surface area contributed by atoms with E-state index in [0.29, 0.717) is 17.0 Å². The van der Waals surface area contributed by atoms with Gasteiger partial charge in [-0.25, -0.2) is 9.78 Å². The zero-order valence-electron chi connectivity index (χ0n) is 10.8. The number of carbonyl (C=O) groups is 1. The summed E-state index contributed by atoms with van der Waals surface area (Å²) in [5.41, 5.74) is 2.05. The van der Waals surface area contributed by atoms with Gasteiger partial charge in [0.15, 0.2) is 0 Å². The second kappa shape index (κ2) is 5.95. The second-order valence-electron chi connectivity index (χ2n) is 4.25. The number of esters is 1. The van der Waals surface area contributed by atoms with Crippen molar-refractivity contribution in [2.75, 3.05) is 6.61 Å². The van der Waals surface area contributed by atoms with Crippen LogP contribution in [0.1, 0.15) is 25.8 Å². The Morgan fingerprint density at radius 3 is 2.89 bits per heavy atom. The summed E-state index contributed by atoms with van der Waals surface area (Å²) in [6.07, 6.45) is 1.95. The number of thiazole rings is 1. The van der Waals surface area contributed by atoms with Gasteiger partial charge >= 0.3 is 5.97 Å². The lowest BCUT2D eigenvalue weighted by atomic mass is 10.1. The number of hydrogen-bond acceptors (Lipinski definition) is 5. The van der Waals surface area contributed by atoms with Crippen molar-refractivity contribution in [2.45, 2.75) is 20.3 Å². The molecule has 0 aliphatic carbocycles. The molecule has 0 unspecified atom stereocenters. The molecule has 0 saturated carbocycles. The number of nitrogens with zero attached hydrogens (tertiary/aromatic N) is 1. The fraction of sp³-hybridized carbons (Fsp3) is 0.286. The number of aliphatic hydroxyl groups excluding tert-OH is 1. The maximum atomic E-state index is 12.0. The lowest BCUT2D eigenvalue weighted by molar-refractivity contribution is 0.0738. The molecule has 2 aromatic rings. The molecule has 0 spiro atoms. The average Bonchev–Trinajstić information content (AvgIpc) is 2.82. The zero-order chi connectivity index (χ0) is 13.8. The van der Waals surface area contributed by atoms with E-state index in [-0.39, 0.29) is 6.61 Å². The van der Waals surface area contributed by atoms with Crippen LogP contribution in [0.2, 0.25) is 0 Å². The van der Waals surface area contributed by atoms with Crippen molar-refractivity contribution in [2.24, 2.45) is 0 Å². The third kappa shape index (κ3) is 3.39. The Labute approximate surface area is 115 Å². The standard InChI is InChI=1S/C14H15NO3S/c1-9-3-4-11(10(2)7-9)18-14(17)12-8-15-13(19-12)5-6-16/h3-4,7-8,16H,5-6H2,1-2H3. The number of ether oxygens (including phenoxy) is 1. The Hall–Kier alpha value is -1.72. The zero-order valence-corrected chi connectivity index (χ0v) is 11.7. The molecule has 1 N–H and O–H groups in total. The van der Waals surface area contributed by atoms with Crippen LogP contribution in [0.25, 0.3) is 0 Å². The van der Waals surface area contributed by atoms with Gasteiger partial charge in [0.25, 0.3) is 0 Å². The molecule has 1 aromatic carbocycles. The summed E-state index contributed by atoms with van der Waals surface area (Å²) in [4.78, 5) is 16.5. The molecule has 19 heavy (non-hydrogen) atoms.